The molecule has 8 heteroatoms. The highest BCUT2D eigenvalue weighted by Gasteiger charge is 2.13. The number of carboxylic acid groups (broad SMARTS) is 1. The van der Waals surface area contributed by atoms with Crippen molar-refractivity contribution in [3.05, 3.63) is 71.1 Å². The van der Waals surface area contributed by atoms with Crippen molar-refractivity contribution in [3.63, 3.8) is 0 Å². The highest BCUT2D eigenvalue weighted by Crippen LogP contribution is 2.26. The van der Waals surface area contributed by atoms with Crippen molar-refractivity contribution >= 4 is 39.9 Å². The van der Waals surface area contributed by atoms with E-state index >= 15 is 0 Å². The number of hydrogen-bond donors (Lipinski definition) is 4. The van der Waals surface area contributed by atoms with Crippen LogP contribution in [0.3, 0.4) is 0 Å². The third kappa shape index (κ3) is 4.13. The van der Waals surface area contributed by atoms with Gasteiger partial charge in [0.15, 0.2) is 0 Å². The molecule has 0 spiro atoms. The number of urea groups is 1. The molecule has 136 valence electrons. The van der Waals surface area contributed by atoms with Crippen LogP contribution < -0.4 is 16.4 Å². The monoisotopic (exact) mass is 381 g/mol. The summed E-state index contributed by atoms with van der Waals surface area (Å²) in [5.41, 5.74) is 7.51. The molecule has 3 rings (SSSR count). The Labute approximate surface area is 158 Å². The van der Waals surface area contributed by atoms with Crippen LogP contribution in [-0.4, -0.2) is 23.0 Å². The van der Waals surface area contributed by atoms with Crippen molar-refractivity contribution in [2.75, 3.05) is 10.6 Å². The number of rotatable bonds is 5. The van der Waals surface area contributed by atoms with Gasteiger partial charge in [0.05, 0.1) is 11.1 Å². The van der Waals surface area contributed by atoms with E-state index in [4.69, 9.17) is 5.73 Å². The second-order valence-corrected chi connectivity index (χ2v) is 6.45. The van der Waals surface area contributed by atoms with Gasteiger partial charge < -0.3 is 16.2 Å². The lowest BCUT2D eigenvalue weighted by atomic mass is 9.99. The van der Waals surface area contributed by atoms with E-state index in [0.717, 1.165) is 0 Å². The van der Waals surface area contributed by atoms with Gasteiger partial charge in [0, 0.05) is 5.69 Å². The zero-order chi connectivity index (χ0) is 19.4. The minimum atomic E-state index is -1.01. The van der Waals surface area contributed by atoms with Crippen molar-refractivity contribution < 1.29 is 19.5 Å². The van der Waals surface area contributed by atoms with Crippen LogP contribution in [0.25, 0.3) is 11.1 Å². The van der Waals surface area contributed by atoms with Gasteiger partial charge in [0.25, 0.3) is 5.91 Å². The van der Waals surface area contributed by atoms with Gasteiger partial charge in [0.1, 0.15) is 5.00 Å². The Bertz CT molecular complexity index is 1010. The summed E-state index contributed by atoms with van der Waals surface area (Å²) in [7, 11) is 0. The normalized spacial score (nSPS) is 10.2. The molecule has 0 aliphatic heterocycles. The lowest BCUT2D eigenvalue weighted by molar-refractivity contribution is 0.0697. The average molecular weight is 381 g/mol. The zero-order valence-electron chi connectivity index (χ0n) is 13.9. The molecule has 0 aliphatic rings. The zero-order valence-corrected chi connectivity index (χ0v) is 14.7. The summed E-state index contributed by atoms with van der Waals surface area (Å²) in [6, 6.07) is 14.5. The van der Waals surface area contributed by atoms with Crippen LogP contribution in [0.2, 0.25) is 0 Å². The Balaban J connectivity index is 1.73. The molecule has 0 unspecified atom stereocenters. The standard InChI is InChI=1S/C19H15N3O4S/c20-16(23)15-9-10-27-17(15)22-19(26)21-12-7-5-11(6-8-12)13-3-1-2-4-14(13)18(24)25/h1-10H,(H2,20,23)(H,24,25)(H2,21,22,26). The Hall–Kier alpha value is -3.65. The number of carbonyl (C=O) groups is 3. The van der Waals surface area contributed by atoms with Gasteiger partial charge in [-0.1, -0.05) is 30.3 Å². The predicted octanol–water partition coefficient (Wildman–Crippen LogP) is 3.86. The summed E-state index contributed by atoms with van der Waals surface area (Å²) in [6.45, 7) is 0. The van der Waals surface area contributed by atoms with Gasteiger partial charge in [-0.15, -0.1) is 11.3 Å². The molecule has 0 aliphatic carbocycles. The van der Waals surface area contributed by atoms with Crippen molar-refractivity contribution in [2.45, 2.75) is 0 Å². The highest BCUT2D eigenvalue weighted by atomic mass is 32.1. The van der Waals surface area contributed by atoms with Crippen LogP contribution in [0.1, 0.15) is 20.7 Å². The lowest BCUT2D eigenvalue weighted by Gasteiger charge is -2.09. The molecular formula is C19H15N3O4S. The first-order valence-electron chi connectivity index (χ1n) is 7.84. The number of aromatic carboxylic acids is 1. The molecule has 7 nitrogen and oxygen atoms in total. The van der Waals surface area contributed by atoms with E-state index in [9.17, 15) is 19.5 Å². The minimum Gasteiger partial charge on any atom is -0.478 e. The van der Waals surface area contributed by atoms with E-state index < -0.39 is 17.9 Å². The molecule has 2 aromatic carbocycles. The van der Waals surface area contributed by atoms with Crippen LogP contribution in [0.15, 0.2) is 60.0 Å². The molecule has 0 radical (unpaired) electrons. The maximum Gasteiger partial charge on any atom is 0.336 e. The Morgan fingerprint density at radius 3 is 2.26 bits per heavy atom. The van der Waals surface area contributed by atoms with Crippen LogP contribution in [0.4, 0.5) is 15.5 Å². The van der Waals surface area contributed by atoms with Gasteiger partial charge in [-0.05, 0) is 40.8 Å². The molecule has 5 N–H and O–H groups in total. The van der Waals surface area contributed by atoms with Crippen LogP contribution in [0.5, 0.6) is 0 Å². The van der Waals surface area contributed by atoms with Gasteiger partial charge in [-0.2, -0.15) is 0 Å². The molecule has 0 bridgehead atoms. The number of carboxylic acids is 1. The fourth-order valence-corrected chi connectivity index (χ4v) is 3.31. The van der Waals surface area contributed by atoms with E-state index in [1.54, 1.807) is 47.8 Å². The maximum atomic E-state index is 12.1. The number of thiophene rings is 1. The summed E-state index contributed by atoms with van der Waals surface area (Å²) >= 11 is 1.19. The Morgan fingerprint density at radius 1 is 0.889 bits per heavy atom. The Kier molecular flexibility index (Phi) is 5.18. The molecule has 3 amide bonds. The van der Waals surface area contributed by atoms with Gasteiger partial charge in [-0.3, -0.25) is 10.1 Å². The summed E-state index contributed by atoms with van der Waals surface area (Å²) in [6.07, 6.45) is 0. The molecule has 1 aromatic heterocycles. The topological polar surface area (TPSA) is 122 Å². The molecule has 0 saturated carbocycles. The number of primary amides is 1. The molecule has 0 fully saturated rings. The highest BCUT2D eigenvalue weighted by molar-refractivity contribution is 7.14. The quantitative estimate of drug-likeness (QED) is 0.536. The van der Waals surface area contributed by atoms with Gasteiger partial charge in [0.2, 0.25) is 0 Å². The average Bonchev–Trinajstić information content (AvgIpc) is 3.10. The van der Waals surface area contributed by atoms with Crippen LogP contribution in [-0.2, 0) is 0 Å². The van der Waals surface area contributed by atoms with Crippen molar-refractivity contribution in [3.8, 4) is 11.1 Å². The van der Waals surface area contributed by atoms with E-state index in [1.165, 1.54) is 23.5 Å². The molecule has 3 aromatic rings. The second-order valence-electron chi connectivity index (χ2n) is 5.53. The molecule has 0 atom stereocenters. The number of amides is 3. The van der Waals surface area contributed by atoms with Crippen LogP contribution >= 0.6 is 11.3 Å². The minimum absolute atomic E-state index is 0.202. The van der Waals surface area contributed by atoms with Crippen molar-refractivity contribution in [2.24, 2.45) is 5.73 Å². The molecular weight excluding hydrogens is 366 g/mol. The smallest absolute Gasteiger partial charge is 0.336 e. The van der Waals surface area contributed by atoms with Gasteiger partial charge in [-0.25, -0.2) is 9.59 Å². The van der Waals surface area contributed by atoms with Gasteiger partial charge >= 0.3 is 12.0 Å². The summed E-state index contributed by atoms with van der Waals surface area (Å²) in [5.74, 6) is -1.62. The third-order valence-corrected chi connectivity index (χ3v) is 4.60. The first-order valence-corrected chi connectivity index (χ1v) is 8.71. The van der Waals surface area contributed by atoms with Crippen LogP contribution in [0, 0.1) is 0 Å². The van der Waals surface area contributed by atoms with E-state index in [1.807, 2.05) is 0 Å². The van der Waals surface area contributed by atoms with E-state index in [-0.39, 0.29) is 11.1 Å². The SMILES string of the molecule is NC(=O)c1ccsc1NC(=O)Nc1ccc(-c2ccccc2C(=O)O)cc1. The fourth-order valence-electron chi connectivity index (χ4n) is 2.52. The number of carbonyl (C=O) groups excluding carboxylic acids is 2. The summed E-state index contributed by atoms with van der Waals surface area (Å²) in [4.78, 5) is 34.7. The molecule has 1 heterocycles. The number of benzene rings is 2. The molecule has 0 saturated heterocycles. The summed E-state index contributed by atoms with van der Waals surface area (Å²) in [5, 5.41) is 16.5. The maximum absolute atomic E-state index is 12.1. The second kappa shape index (κ2) is 7.71. The first kappa shape index (κ1) is 18.2. The first-order chi connectivity index (χ1) is 13.0. The lowest BCUT2D eigenvalue weighted by Crippen LogP contribution is -2.21. The fraction of sp³-hybridized carbons (Fsp3) is 0. The summed E-state index contributed by atoms with van der Waals surface area (Å²) < 4.78 is 0. The number of nitrogens with two attached hydrogens (primary N) is 1. The number of hydrogen-bond acceptors (Lipinski definition) is 4. The largest absolute Gasteiger partial charge is 0.478 e. The van der Waals surface area contributed by atoms with E-state index in [0.29, 0.717) is 21.8 Å². The van der Waals surface area contributed by atoms with Crippen molar-refractivity contribution in [1.29, 1.82) is 0 Å². The third-order valence-electron chi connectivity index (χ3n) is 3.77. The number of nitrogens with one attached hydrogen (secondary N) is 2. The molecule has 27 heavy (non-hydrogen) atoms. The van der Waals surface area contributed by atoms with E-state index in [2.05, 4.69) is 10.6 Å². The van der Waals surface area contributed by atoms with Crippen molar-refractivity contribution in [1.82, 2.24) is 0 Å². The Morgan fingerprint density at radius 2 is 1.59 bits per heavy atom. The number of anilines is 2. The predicted molar refractivity (Wildman–Crippen MR) is 104 cm³/mol.